The molecule has 1 fully saturated rings. The molecule has 2 heterocycles. The number of amidine groups is 1. The van der Waals surface area contributed by atoms with Crippen molar-refractivity contribution >= 4 is 38.4 Å². The van der Waals surface area contributed by atoms with Crippen LogP contribution in [0.15, 0.2) is 46.9 Å². The third-order valence-corrected chi connectivity index (χ3v) is 6.41. The lowest BCUT2D eigenvalue weighted by Gasteiger charge is -2.23. The van der Waals surface area contributed by atoms with Gasteiger partial charge in [-0.3, -0.25) is 0 Å². The minimum Gasteiger partial charge on any atom is -0.354 e. The number of nitrogens with zero attached hydrogens (tertiary/aromatic N) is 3. The topological polar surface area (TPSA) is 82.1 Å². The van der Waals surface area contributed by atoms with Gasteiger partial charge >= 0.3 is 6.03 Å². The Morgan fingerprint density at radius 3 is 2.82 bits per heavy atom. The van der Waals surface area contributed by atoms with Crippen LogP contribution in [0.5, 0.6) is 0 Å². The van der Waals surface area contributed by atoms with Gasteiger partial charge in [-0.1, -0.05) is 29.8 Å². The fourth-order valence-corrected chi connectivity index (χ4v) is 5.08. The van der Waals surface area contributed by atoms with Crippen LogP contribution in [-0.4, -0.2) is 62.8 Å². The molecular formula is C19H23ClN4O3S. The molecule has 7 nitrogen and oxygen atoms in total. The lowest BCUT2D eigenvalue weighted by molar-refractivity contribution is 0.201. The summed E-state index contributed by atoms with van der Waals surface area (Å²) in [7, 11) is -3.80. The van der Waals surface area contributed by atoms with Gasteiger partial charge in [-0.25, -0.2) is 4.79 Å². The van der Waals surface area contributed by atoms with Gasteiger partial charge in [0.2, 0.25) is 0 Å². The van der Waals surface area contributed by atoms with E-state index in [2.05, 4.69) is 16.3 Å². The van der Waals surface area contributed by atoms with Gasteiger partial charge in [-0.15, -0.1) is 11.0 Å². The Balaban J connectivity index is 1.82. The second-order valence-corrected chi connectivity index (χ2v) is 8.63. The zero-order chi connectivity index (χ0) is 20.3. The quantitative estimate of drug-likeness (QED) is 0.759. The summed E-state index contributed by atoms with van der Waals surface area (Å²) in [6.07, 6.45) is 2.35. The number of hydrogen-bond donors (Lipinski definition) is 1. The molecule has 0 saturated carbocycles. The van der Waals surface area contributed by atoms with E-state index < -0.39 is 10.0 Å². The lowest BCUT2D eigenvalue weighted by atomic mass is 10.1. The minimum absolute atomic E-state index is 0.144. The van der Waals surface area contributed by atoms with E-state index in [0.29, 0.717) is 54.7 Å². The molecule has 150 valence electrons. The molecule has 1 aromatic carbocycles. The molecule has 0 atom stereocenters. The number of amides is 2. The van der Waals surface area contributed by atoms with E-state index in [9.17, 15) is 13.2 Å². The highest BCUT2D eigenvalue weighted by Crippen LogP contribution is 2.34. The van der Waals surface area contributed by atoms with Crippen LogP contribution in [0.4, 0.5) is 4.79 Å². The Morgan fingerprint density at radius 2 is 2.11 bits per heavy atom. The number of benzene rings is 1. The van der Waals surface area contributed by atoms with E-state index in [1.807, 2.05) is 4.90 Å². The third-order valence-electron chi connectivity index (χ3n) is 4.71. The van der Waals surface area contributed by atoms with Crippen molar-refractivity contribution in [3.8, 4) is 0 Å². The van der Waals surface area contributed by atoms with Gasteiger partial charge in [0.1, 0.15) is 10.7 Å². The monoisotopic (exact) mass is 422 g/mol. The van der Waals surface area contributed by atoms with Crippen molar-refractivity contribution in [3.63, 3.8) is 0 Å². The average molecular weight is 423 g/mol. The van der Waals surface area contributed by atoms with Crippen molar-refractivity contribution in [1.29, 1.82) is 0 Å². The largest absolute Gasteiger partial charge is 0.354 e. The van der Waals surface area contributed by atoms with Crippen LogP contribution in [0.3, 0.4) is 0 Å². The van der Waals surface area contributed by atoms with Gasteiger partial charge in [-0.05, 0) is 31.0 Å². The predicted molar refractivity (Wildman–Crippen MR) is 112 cm³/mol. The van der Waals surface area contributed by atoms with Crippen molar-refractivity contribution in [2.24, 2.45) is 4.40 Å². The first-order chi connectivity index (χ1) is 13.3. The number of carbonyl (C=O) groups excluding carboxylic acids is 1. The van der Waals surface area contributed by atoms with Crippen molar-refractivity contribution < 1.29 is 13.2 Å². The highest BCUT2D eigenvalue weighted by atomic mass is 35.5. The van der Waals surface area contributed by atoms with Gasteiger partial charge in [0, 0.05) is 43.3 Å². The Morgan fingerprint density at radius 1 is 1.32 bits per heavy atom. The summed E-state index contributed by atoms with van der Waals surface area (Å²) < 4.78 is 29.5. The zero-order valence-corrected chi connectivity index (χ0v) is 17.3. The molecule has 0 bridgehead atoms. The first kappa shape index (κ1) is 20.4. The molecule has 0 radical (unpaired) electrons. The van der Waals surface area contributed by atoms with Gasteiger partial charge in [0.15, 0.2) is 0 Å². The fraction of sp³-hybridized carbons (Fsp3) is 0.368. The first-order valence-electron chi connectivity index (χ1n) is 9.04. The minimum atomic E-state index is -3.80. The number of halogens is 1. The standard InChI is InChI=1S/C19H23ClN4O3S/c1-3-8-21-19(25)24-10-5-9-23(11-12-24)18-14(2)17(28(26,27)22-18)15-6-4-7-16(20)13-15/h3-4,6-7,13H,1,5,8-12H2,2H3,(H,21,25). The molecule has 2 aliphatic rings. The number of carbonyl (C=O) groups is 1. The van der Waals surface area contributed by atoms with Crippen LogP contribution < -0.4 is 5.32 Å². The van der Waals surface area contributed by atoms with Crippen LogP contribution in [0.2, 0.25) is 5.02 Å². The van der Waals surface area contributed by atoms with Crippen molar-refractivity contribution in [1.82, 2.24) is 15.1 Å². The third kappa shape index (κ3) is 4.23. The van der Waals surface area contributed by atoms with E-state index >= 15 is 0 Å². The molecule has 0 aliphatic carbocycles. The first-order valence-corrected chi connectivity index (χ1v) is 10.9. The normalized spacial score (nSPS) is 19.3. The van der Waals surface area contributed by atoms with Gasteiger partial charge in [0.25, 0.3) is 10.0 Å². The highest BCUT2D eigenvalue weighted by Gasteiger charge is 2.34. The molecule has 9 heteroatoms. The van der Waals surface area contributed by atoms with Gasteiger partial charge < -0.3 is 15.1 Å². The van der Waals surface area contributed by atoms with Crippen LogP contribution >= 0.6 is 11.6 Å². The van der Waals surface area contributed by atoms with Crippen LogP contribution in [-0.2, 0) is 10.0 Å². The summed E-state index contributed by atoms with van der Waals surface area (Å²) in [6, 6.07) is 6.62. The van der Waals surface area contributed by atoms with Crippen molar-refractivity contribution in [2.45, 2.75) is 13.3 Å². The van der Waals surface area contributed by atoms with Crippen LogP contribution in [0, 0.1) is 0 Å². The molecule has 1 aromatic rings. The number of urea groups is 1. The van der Waals surface area contributed by atoms with E-state index in [1.165, 1.54) is 0 Å². The molecular weight excluding hydrogens is 400 g/mol. The van der Waals surface area contributed by atoms with Gasteiger partial charge in [-0.2, -0.15) is 8.42 Å². The second-order valence-electron chi connectivity index (χ2n) is 6.66. The summed E-state index contributed by atoms with van der Waals surface area (Å²) >= 11 is 6.04. The maximum Gasteiger partial charge on any atom is 0.317 e. The summed E-state index contributed by atoms with van der Waals surface area (Å²) in [5.41, 5.74) is 1.14. The van der Waals surface area contributed by atoms with Crippen molar-refractivity contribution in [2.75, 3.05) is 32.7 Å². The SMILES string of the molecule is C=CCNC(=O)N1CCCN(C2=NS(=O)(=O)C(c3cccc(Cl)c3)=C2C)CC1. The van der Waals surface area contributed by atoms with E-state index in [0.717, 1.165) is 6.42 Å². The van der Waals surface area contributed by atoms with E-state index in [1.54, 1.807) is 42.2 Å². The summed E-state index contributed by atoms with van der Waals surface area (Å²) in [5, 5.41) is 3.24. The number of sulfonamides is 1. The Labute approximate surface area is 170 Å². The molecule has 0 aromatic heterocycles. The molecule has 2 aliphatic heterocycles. The fourth-order valence-electron chi connectivity index (χ4n) is 3.42. The number of rotatable bonds is 3. The lowest BCUT2D eigenvalue weighted by Crippen LogP contribution is -2.42. The molecule has 0 spiro atoms. The van der Waals surface area contributed by atoms with Crippen molar-refractivity contribution in [3.05, 3.63) is 53.1 Å². The highest BCUT2D eigenvalue weighted by molar-refractivity contribution is 8.00. The Hall–Kier alpha value is -2.32. The predicted octanol–water partition coefficient (Wildman–Crippen LogP) is 2.72. The maximum absolute atomic E-state index is 12.7. The molecule has 3 rings (SSSR count). The summed E-state index contributed by atoms with van der Waals surface area (Å²) in [6.45, 7) is 7.99. The van der Waals surface area contributed by atoms with Gasteiger partial charge in [0.05, 0.1) is 0 Å². The molecule has 28 heavy (non-hydrogen) atoms. The Bertz CT molecular complexity index is 956. The summed E-state index contributed by atoms with van der Waals surface area (Å²) in [4.78, 5) is 16.0. The van der Waals surface area contributed by atoms with Crippen LogP contribution in [0.1, 0.15) is 18.9 Å². The molecule has 1 saturated heterocycles. The number of hydrogen-bond acceptors (Lipinski definition) is 4. The average Bonchev–Trinajstić information content (AvgIpc) is 2.81. The van der Waals surface area contributed by atoms with E-state index in [4.69, 9.17) is 11.6 Å². The molecule has 1 N–H and O–H groups in total. The number of nitrogens with one attached hydrogen (secondary N) is 1. The Kier molecular flexibility index (Phi) is 6.10. The smallest absolute Gasteiger partial charge is 0.317 e. The molecule has 2 amide bonds. The zero-order valence-electron chi connectivity index (χ0n) is 15.7. The van der Waals surface area contributed by atoms with E-state index in [-0.39, 0.29) is 10.9 Å². The molecule has 0 unspecified atom stereocenters. The second kappa shape index (κ2) is 8.36. The maximum atomic E-state index is 12.7. The summed E-state index contributed by atoms with van der Waals surface area (Å²) in [5.74, 6) is 0.448. The van der Waals surface area contributed by atoms with Crippen LogP contribution in [0.25, 0.3) is 4.91 Å².